The third kappa shape index (κ3) is 4.07. The second-order valence-corrected chi connectivity index (χ2v) is 5.53. The lowest BCUT2D eigenvalue weighted by molar-refractivity contribution is 0.628. The van der Waals surface area contributed by atoms with Crippen LogP contribution >= 0.6 is 0 Å². The molecule has 0 atom stereocenters. The zero-order valence-electron chi connectivity index (χ0n) is 13.7. The van der Waals surface area contributed by atoms with Gasteiger partial charge < -0.3 is 10.6 Å². The molecule has 0 saturated carbocycles. The molecule has 0 fully saturated rings. The summed E-state index contributed by atoms with van der Waals surface area (Å²) < 4.78 is 13.3. The van der Waals surface area contributed by atoms with E-state index in [1.54, 1.807) is 12.1 Å². The lowest BCUT2D eigenvalue weighted by atomic mass is 10.1. The number of hydrogen-bond acceptors (Lipinski definition) is 4. The van der Waals surface area contributed by atoms with Crippen LogP contribution in [0, 0.1) is 12.7 Å². The first kappa shape index (κ1) is 15.9. The largest absolute Gasteiger partial charge is 0.340 e. The molecular weight excluding hydrogens is 303 g/mol. The number of hydrogen-bond donors (Lipinski definition) is 2. The van der Waals surface area contributed by atoms with Crippen molar-refractivity contribution in [2.24, 2.45) is 0 Å². The molecule has 0 radical (unpaired) electrons. The Labute approximate surface area is 140 Å². The summed E-state index contributed by atoms with van der Waals surface area (Å²) in [6.45, 7) is 4.02. The summed E-state index contributed by atoms with van der Waals surface area (Å²) in [5.41, 5.74) is 3.67. The van der Waals surface area contributed by atoms with Gasteiger partial charge in [-0.3, -0.25) is 0 Å². The highest BCUT2D eigenvalue weighted by molar-refractivity contribution is 5.60. The summed E-state index contributed by atoms with van der Waals surface area (Å²) in [4.78, 5) is 8.78. The van der Waals surface area contributed by atoms with Gasteiger partial charge in [-0.15, -0.1) is 0 Å². The molecule has 0 spiro atoms. The molecule has 0 unspecified atom stereocenters. The van der Waals surface area contributed by atoms with Crippen molar-refractivity contribution in [3.8, 4) is 0 Å². The van der Waals surface area contributed by atoms with Gasteiger partial charge in [0.25, 0.3) is 0 Å². The highest BCUT2D eigenvalue weighted by atomic mass is 19.1. The molecule has 0 amide bonds. The lowest BCUT2D eigenvalue weighted by Crippen LogP contribution is -2.02. The molecule has 0 aliphatic heterocycles. The summed E-state index contributed by atoms with van der Waals surface area (Å²) in [7, 11) is 0. The summed E-state index contributed by atoms with van der Waals surface area (Å²) in [6.07, 6.45) is 1.01. The van der Waals surface area contributed by atoms with Gasteiger partial charge in [0.15, 0.2) is 0 Å². The number of benzene rings is 2. The number of aromatic nitrogens is 2. The smallest absolute Gasteiger partial charge is 0.229 e. The number of rotatable bonds is 5. The van der Waals surface area contributed by atoms with E-state index < -0.39 is 0 Å². The second-order valence-electron chi connectivity index (χ2n) is 5.53. The van der Waals surface area contributed by atoms with Crippen molar-refractivity contribution in [2.45, 2.75) is 20.3 Å². The molecule has 3 aromatic rings. The van der Waals surface area contributed by atoms with E-state index in [2.05, 4.69) is 39.7 Å². The third-order valence-corrected chi connectivity index (χ3v) is 3.57. The predicted octanol–water partition coefficient (Wildman–Crippen LogP) is 4.97. The van der Waals surface area contributed by atoms with Crippen molar-refractivity contribution in [3.63, 3.8) is 0 Å². The molecule has 4 nitrogen and oxygen atoms in total. The van der Waals surface area contributed by atoms with E-state index in [1.165, 1.54) is 17.7 Å². The van der Waals surface area contributed by atoms with Gasteiger partial charge in [0.1, 0.15) is 11.6 Å². The molecule has 2 aromatic carbocycles. The van der Waals surface area contributed by atoms with Crippen LogP contribution in [0.3, 0.4) is 0 Å². The maximum atomic E-state index is 13.3. The van der Waals surface area contributed by atoms with Crippen LogP contribution in [0.5, 0.6) is 0 Å². The molecule has 3 rings (SSSR count). The molecule has 5 heteroatoms. The number of nitrogens with one attached hydrogen (secondary N) is 2. The Balaban J connectivity index is 1.80. The first-order valence-electron chi connectivity index (χ1n) is 7.86. The summed E-state index contributed by atoms with van der Waals surface area (Å²) in [5, 5.41) is 6.30. The number of aryl methyl sites for hydroxylation is 2. The van der Waals surface area contributed by atoms with Gasteiger partial charge in [-0.1, -0.05) is 25.1 Å². The van der Waals surface area contributed by atoms with E-state index in [-0.39, 0.29) is 5.82 Å². The minimum atomic E-state index is -0.304. The maximum absolute atomic E-state index is 13.3. The molecule has 0 saturated heterocycles. The molecule has 0 aliphatic carbocycles. The number of halogens is 1. The fraction of sp³-hybridized carbons (Fsp3) is 0.158. The zero-order chi connectivity index (χ0) is 16.9. The Kier molecular flexibility index (Phi) is 4.70. The standard InChI is InChI=1S/C19H19FN4/c1-3-14-7-9-16(10-8-14)22-18-11-13(2)21-19(24-18)23-17-6-4-5-15(20)12-17/h4-12H,3H2,1-2H3,(H2,21,22,23,24). The van der Waals surface area contributed by atoms with E-state index in [0.717, 1.165) is 17.8 Å². The van der Waals surface area contributed by atoms with E-state index in [0.29, 0.717) is 17.5 Å². The fourth-order valence-electron chi connectivity index (χ4n) is 2.36. The Morgan fingerprint density at radius 3 is 2.42 bits per heavy atom. The molecule has 1 aromatic heterocycles. The highest BCUT2D eigenvalue weighted by Gasteiger charge is 2.04. The Morgan fingerprint density at radius 1 is 0.917 bits per heavy atom. The highest BCUT2D eigenvalue weighted by Crippen LogP contribution is 2.20. The Hall–Kier alpha value is -2.95. The zero-order valence-corrected chi connectivity index (χ0v) is 13.7. The normalized spacial score (nSPS) is 10.5. The van der Waals surface area contributed by atoms with Gasteiger partial charge >= 0.3 is 0 Å². The van der Waals surface area contributed by atoms with Gasteiger partial charge in [0, 0.05) is 23.1 Å². The first-order chi connectivity index (χ1) is 11.6. The average Bonchev–Trinajstić information content (AvgIpc) is 2.55. The number of anilines is 4. The summed E-state index contributed by atoms with van der Waals surface area (Å²) >= 11 is 0. The van der Waals surface area contributed by atoms with Crippen molar-refractivity contribution < 1.29 is 4.39 Å². The van der Waals surface area contributed by atoms with Crippen LogP contribution in [0.4, 0.5) is 27.5 Å². The van der Waals surface area contributed by atoms with Crippen LogP contribution in [0.25, 0.3) is 0 Å². The van der Waals surface area contributed by atoms with E-state index in [9.17, 15) is 4.39 Å². The van der Waals surface area contributed by atoms with Crippen LogP contribution in [0.15, 0.2) is 54.6 Å². The fourth-order valence-corrected chi connectivity index (χ4v) is 2.36. The van der Waals surface area contributed by atoms with Crippen LogP contribution in [-0.2, 0) is 6.42 Å². The minimum Gasteiger partial charge on any atom is -0.340 e. The first-order valence-corrected chi connectivity index (χ1v) is 7.86. The maximum Gasteiger partial charge on any atom is 0.229 e. The third-order valence-electron chi connectivity index (χ3n) is 3.57. The van der Waals surface area contributed by atoms with E-state index in [4.69, 9.17) is 0 Å². The van der Waals surface area contributed by atoms with Crippen molar-refractivity contribution in [1.29, 1.82) is 0 Å². The van der Waals surface area contributed by atoms with E-state index >= 15 is 0 Å². The quantitative estimate of drug-likeness (QED) is 0.696. The van der Waals surface area contributed by atoms with Crippen molar-refractivity contribution in [2.75, 3.05) is 10.6 Å². The lowest BCUT2D eigenvalue weighted by Gasteiger charge is -2.10. The van der Waals surface area contributed by atoms with Crippen molar-refractivity contribution in [1.82, 2.24) is 9.97 Å². The molecule has 122 valence electrons. The SMILES string of the molecule is CCc1ccc(Nc2cc(C)nc(Nc3cccc(F)c3)n2)cc1. The molecular formula is C19H19FN4. The van der Waals surface area contributed by atoms with Crippen molar-refractivity contribution >= 4 is 23.1 Å². The van der Waals surface area contributed by atoms with Gasteiger partial charge in [0.05, 0.1) is 0 Å². The van der Waals surface area contributed by atoms with Crippen LogP contribution in [0.2, 0.25) is 0 Å². The van der Waals surface area contributed by atoms with Crippen LogP contribution < -0.4 is 10.6 Å². The summed E-state index contributed by atoms with van der Waals surface area (Å²) in [6, 6.07) is 16.3. The van der Waals surface area contributed by atoms with Crippen molar-refractivity contribution in [3.05, 3.63) is 71.7 Å². The molecule has 0 bridgehead atoms. The minimum absolute atomic E-state index is 0.304. The Morgan fingerprint density at radius 2 is 1.71 bits per heavy atom. The monoisotopic (exact) mass is 322 g/mol. The second kappa shape index (κ2) is 7.08. The predicted molar refractivity (Wildman–Crippen MR) is 95.6 cm³/mol. The molecule has 2 N–H and O–H groups in total. The van der Waals surface area contributed by atoms with Gasteiger partial charge in [0.2, 0.25) is 5.95 Å². The van der Waals surface area contributed by atoms with Gasteiger partial charge in [-0.25, -0.2) is 9.37 Å². The van der Waals surface area contributed by atoms with E-state index in [1.807, 2.05) is 25.1 Å². The topological polar surface area (TPSA) is 49.8 Å². The average molecular weight is 322 g/mol. The van der Waals surface area contributed by atoms with Gasteiger partial charge in [-0.05, 0) is 49.2 Å². The van der Waals surface area contributed by atoms with Gasteiger partial charge in [-0.2, -0.15) is 4.98 Å². The van der Waals surface area contributed by atoms with Crippen LogP contribution in [-0.4, -0.2) is 9.97 Å². The number of nitrogens with zero attached hydrogens (tertiary/aromatic N) is 2. The molecule has 24 heavy (non-hydrogen) atoms. The molecule has 0 aliphatic rings. The Bertz CT molecular complexity index is 831. The molecule has 1 heterocycles. The summed E-state index contributed by atoms with van der Waals surface area (Å²) in [5.74, 6) is 0.806. The van der Waals surface area contributed by atoms with Crippen LogP contribution in [0.1, 0.15) is 18.2 Å².